The lowest BCUT2D eigenvalue weighted by molar-refractivity contribution is -0.140. The number of likely N-dealkylation sites (tertiary alicyclic amines) is 1. The standard InChI is InChI=1S/C16H18N4O3/c21-16-10-22-15-3-5-20(9-14(15)18-16)8-12-6-13(19-23-12)11-2-1-4-17-7-11/h1-2,4,6-7,14-15H,3,5,8-10H2,(H,18,21)/t14-,15+/m0/s1. The first-order valence-electron chi connectivity index (χ1n) is 7.77. The zero-order chi connectivity index (χ0) is 15.6. The van der Waals surface area contributed by atoms with Crippen LogP contribution in [0.25, 0.3) is 11.3 Å². The maximum absolute atomic E-state index is 11.5. The number of aromatic nitrogens is 2. The molecule has 0 radical (unpaired) electrons. The van der Waals surface area contributed by atoms with Crippen LogP contribution in [0.15, 0.2) is 35.1 Å². The van der Waals surface area contributed by atoms with Crippen molar-refractivity contribution in [3.63, 3.8) is 0 Å². The van der Waals surface area contributed by atoms with Crippen molar-refractivity contribution in [1.29, 1.82) is 0 Å². The van der Waals surface area contributed by atoms with Crippen molar-refractivity contribution < 1.29 is 14.1 Å². The molecule has 0 spiro atoms. The Morgan fingerprint density at radius 2 is 2.39 bits per heavy atom. The fourth-order valence-corrected chi connectivity index (χ4v) is 3.17. The molecule has 2 atom stereocenters. The van der Waals surface area contributed by atoms with Crippen LogP contribution in [-0.2, 0) is 16.1 Å². The molecule has 2 aliphatic heterocycles. The molecule has 1 N–H and O–H groups in total. The molecule has 1 amide bonds. The van der Waals surface area contributed by atoms with E-state index in [1.165, 1.54) is 0 Å². The second kappa shape index (κ2) is 6.10. The number of morpholine rings is 1. The van der Waals surface area contributed by atoms with E-state index in [9.17, 15) is 4.79 Å². The van der Waals surface area contributed by atoms with Crippen LogP contribution in [0.3, 0.4) is 0 Å². The summed E-state index contributed by atoms with van der Waals surface area (Å²) in [6.07, 6.45) is 4.54. The van der Waals surface area contributed by atoms with Gasteiger partial charge in [0.25, 0.3) is 0 Å². The Kier molecular flexibility index (Phi) is 3.80. The van der Waals surface area contributed by atoms with E-state index < -0.39 is 0 Å². The Balaban J connectivity index is 1.41. The highest BCUT2D eigenvalue weighted by molar-refractivity contribution is 5.78. The predicted molar refractivity (Wildman–Crippen MR) is 81.3 cm³/mol. The van der Waals surface area contributed by atoms with Crippen LogP contribution in [0.2, 0.25) is 0 Å². The van der Waals surface area contributed by atoms with Gasteiger partial charge in [0.15, 0.2) is 5.76 Å². The van der Waals surface area contributed by atoms with Crippen molar-refractivity contribution in [2.75, 3.05) is 19.7 Å². The van der Waals surface area contributed by atoms with E-state index in [1.807, 2.05) is 18.2 Å². The van der Waals surface area contributed by atoms with Gasteiger partial charge in [0.2, 0.25) is 5.91 Å². The van der Waals surface area contributed by atoms with E-state index in [1.54, 1.807) is 12.4 Å². The number of carbonyl (C=O) groups is 1. The molecule has 120 valence electrons. The summed E-state index contributed by atoms with van der Waals surface area (Å²) in [6, 6.07) is 5.83. The quantitative estimate of drug-likeness (QED) is 0.904. The minimum atomic E-state index is -0.0355. The molecule has 2 aliphatic rings. The van der Waals surface area contributed by atoms with Crippen molar-refractivity contribution >= 4 is 5.91 Å². The van der Waals surface area contributed by atoms with Crippen LogP contribution in [0, 0.1) is 0 Å². The first-order valence-corrected chi connectivity index (χ1v) is 7.77. The van der Waals surface area contributed by atoms with Gasteiger partial charge in [-0.2, -0.15) is 0 Å². The molecule has 0 aliphatic carbocycles. The zero-order valence-corrected chi connectivity index (χ0v) is 12.6. The van der Waals surface area contributed by atoms with Crippen LogP contribution in [0.1, 0.15) is 12.2 Å². The molecule has 2 aromatic heterocycles. The van der Waals surface area contributed by atoms with Crippen molar-refractivity contribution in [2.45, 2.75) is 25.1 Å². The summed E-state index contributed by atoms with van der Waals surface area (Å²) in [5.74, 6) is 0.775. The summed E-state index contributed by atoms with van der Waals surface area (Å²) in [5.41, 5.74) is 1.73. The topological polar surface area (TPSA) is 80.5 Å². The van der Waals surface area contributed by atoms with Gasteiger partial charge in [0, 0.05) is 37.1 Å². The lowest BCUT2D eigenvalue weighted by Gasteiger charge is -2.40. The van der Waals surface area contributed by atoms with Gasteiger partial charge in [-0.1, -0.05) is 5.16 Å². The maximum atomic E-state index is 11.5. The first-order chi connectivity index (χ1) is 11.3. The molecule has 4 heterocycles. The largest absolute Gasteiger partial charge is 0.366 e. The highest BCUT2D eigenvalue weighted by Gasteiger charge is 2.34. The smallest absolute Gasteiger partial charge is 0.246 e. The fraction of sp³-hybridized carbons (Fsp3) is 0.438. The van der Waals surface area contributed by atoms with E-state index in [4.69, 9.17) is 9.26 Å². The highest BCUT2D eigenvalue weighted by Crippen LogP contribution is 2.22. The van der Waals surface area contributed by atoms with Gasteiger partial charge in [-0.3, -0.25) is 14.7 Å². The number of nitrogens with zero attached hydrogens (tertiary/aromatic N) is 3. The molecule has 7 nitrogen and oxygen atoms in total. The van der Waals surface area contributed by atoms with Crippen LogP contribution in [0.4, 0.5) is 0 Å². The molecule has 2 saturated heterocycles. The van der Waals surface area contributed by atoms with Crippen LogP contribution >= 0.6 is 0 Å². The third kappa shape index (κ3) is 3.11. The number of rotatable bonds is 3. The molecule has 4 rings (SSSR count). The number of nitrogens with one attached hydrogen (secondary N) is 1. The molecular formula is C16H18N4O3. The number of amides is 1. The molecule has 0 bridgehead atoms. The second-order valence-electron chi connectivity index (χ2n) is 5.97. The Morgan fingerprint density at radius 1 is 1.43 bits per heavy atom. The molecule has 2 aromatic rings. The molecule has 23 heavy (non-hydrogen) atoms. The second-order valence-corrected chi connectivity index (χ2v) is 5.97. The third-order valence-corrected chi connectivity index (χ3v) is 4.30. The summed E-state index contributed by atoms with van der Waals surface area (Å²) in [7, 11) is 0. The Hall–Kier alpha value is -2.25. The molecule has 2 fully saturated rings. The van der Waals surface area contributed by atoms with Gasteiger partial charge in [-0.05, 0) is 18.6 Å². The summed E-state index contributed by atoms with van der Waals surface area (Å²) < 4.78 is 11.0. The van der Waals surface area contributed by atoms with Gasteiger partial charge in [0.1, 0.15) is 12.3 Å². The number of ether oxygens (including phenoxy) is 1. The summed E-state index contributed by atoms with van der Waals surface area (Å²) >= 11 is 0. The lowest BCUT2D eigenvalue weighted by atomic mass is 10.0. The zero-order valence-electron chi connectivity index (χ0n) is 12.6. The van der Waals surface area contributed by atoms with E-state index in [-0.39, 0.29) is 24.7 Å². The van der Waals surface area contributed by atoms with E-state index in [0.29, 0.717) is 6.54 Å². The summed E-state index contributed by atoms with van der Waals surface area (Å²) in [5, 5.41) is 7.11. The molecule has 0 saturated carbocycles. The SMILES string of the molecule is O=C1CO[C@@H]2CCN(Cc3cc(-c4cccnc4)no3)C[C@@H]2N1. The molecule has 0 aromatic carbocycles. The first kappa shape index (κ1) is 14.3. The van der Waals surface area contributed by atoms with Crippen molar-refractivity contribution in [3.05, 3.63) is 36.4 Å². The van der Waals surface area contributed by atoms with Crippen molar-refractivity contribution in [3.8, 4) is 11.3 Å². The van der Waals surface area contributed by atoms with E-state index in [2.05, 4.69) is 20.4 Å². The third-order valence-electron chi connectivity index (χ3n) is 4.30. The van der Waals surface area contributed by atoms with E-state index in [0.717, 1.165) is 36.5 Å². The predicted octanol–water partition coefficient (Wildman–Crippen LogP) is 0.826. The fourth-order valence-electron chi connectivity index (χ4n) is 3.17. The van der Waals surface area contributed by atoms with Crippen molar-refractivity contribution in [1.82, 2.24) is 20.4 Å². The number of piperidine rings is 1. The maximum Gasteiger partial charge on any atom is 0.246 e. The molecule has 0 unspecified atom stereocenters. The normalized spacial score (nSPS) is 25.0. The Morgan fingerprint density at radius 3 is 3.26 bits per heavy atom. The summed E-state index contributed by atoms with van der Waals surface area (Å²) in [6.45, 7) is 2.53. The minimum absolute atomic E-state index is 0.0355. The van der Waals surface area contributed by atoms with Gasteiger partial charge in [0.05, 0.1) is 18.7 Å². The molecular weight excluding hydrogens is 296 g/mol. The van der Waals surface area contributed by atoms with Gasteiger partial charge >= 0.3 is 0 Å². The summed E-state index contributed by atoms with van der Waals surface area (Å²) in [4.78, 5) is 17.8. The minimum Gasteiger partial charge on any atom is -0.366 e. The Labute approximate surface area is 133 Å². The number of hydrogen-bond acceptors (Lipinski definition) is 6. The van der Waals surface area contributed by atoms with Crippen molar-refractivity contribution in [2.24, 2.45) is 0 Å². The van der Waals surface area contributed by atoms with Gasteiger partial charge in [-0.25, -0.2) is 0 Å². The number of fused-ring (bicyclic) bond motifs is 1. The Bertz CT molecular complexity index is 688. The average Bonchev–Trinajstić information content (AvgIpc) is 3.04. The lowest BCUT2D eigenvalue weighted by Crippen LogP contribution is -2.59. The number of pyridine rings is 1. The highest BCUT2D eigenvalue weighted by atomic mass is 16.5. The van der Waals surface area contributed by atoms with Crippen LogP contribution < -0.4 is 5.32 Å². The van der Waals surface area contributed by atoms with E-state index >= 15 is 0 Å². The average molecular weight is 314 g/mol. The van der Waals surface area contributed by atoms with Gasteiger partial charge in [-0.15, -0.1) is 0 Å². The number of hydrogen-bond donors (Lipinski definition) is 1. The number of carbonyl (C=O) groups excluding carboxylic acids is 1. The van der Waals surface area contributed by atoms with Gasteiger partial charge < -0.3 is 14.6 Å². The van der Waals surface area contributed by atoms with Crippen LogP contribution in [-0.4, -0.2) is 52.8 Å². The monoisotopic (exact) mass is 314 g/mol. The molecule has 7 heteroatoms. The van der Waals surface area contributed by atoms with Crippen LogP contribution in [0.5, 0.6) is 0 Å².